The van der Waals surface area contributed by atoms with Gasteiger partial charge in [-0.25, -0.2) is 0 Å². The third kappa shape index (κ3) is 4.36. The Hall–Kier alpha value is -3.11. The highest BCUT2D eigenvalue weighted by Gasteiger charge is 2.14. The van der Waals surface area contributed by atoms with Crippen molar-refractivity contribution < 1.29 is 4.79 Å². The first-order valence-corrected chi connectivity index (χ1v) is 9.53. The van der Waals surface area contributed by atoms with Gasteiger partial charge >= 0.3 is 0 Å². The molecule has 0 bridgehead atoms. The fraction of sp³-hybridized carbons (Fsp3) is 0.200. The third-order valence-corrected chi connectivity index (χ3v) is 4.98. The molecule has 1 N–H and O–H groups in total. The average Bonchev–Trinajstić information content (AvgIpc) is 3.09. The maximum Gasteiger partial charge on any atom is 0.221 e. The molecular weight excluding hydrogens is 358 g/mol. The second-order valence-corrected chi connectivity index (χ2v) is 6.81. The van der Waals surface area contributed by atoms with E-state index in [1.807, 2.05) is 60.0 Å². The predicted molar refractivity (Wildman–Crippen MR) is 106 cm³/mol. The van der Waals surface area contributed by atoms with Crippen LogP contribution in [0.1, 0.15) is 25.0 Å². The van der Waals surface area contributed by atoms with E-state index in [9.17, 15) is 10.1 Å². The van der Waals surface area contributed by atoms with Gasteiger partial charge in [0.15, 0.2) is 11.0 Å². The molecule has 0 unspecified atom stereocenters. The summed E-state index contributed by atoms with van der Waals surface area (Å²) in [5, 5.41) is 21.5. The number of nitrogens with one attached hydrogen (secondary N) is 1. The lowest BCUT2D eigenvalue weighted by atomic mass is 10.1. The van der Waals surface area contributed by atoms with Crippen LogP contribution in [0.15, 0.2) is 53.7 Å². The van der Waals surface area contributed by atoms with Crippen molar-refractivity contribution in [2.75, 3.05) is 5.32 Å². The van der Waals surface area contributed by atoms with E-state index in [0.29, 0.717) is 11.3 Å². The minimum atomic E-state index is -0.114. The summed E-state index contributed by atoms with van der Waals surface area (Å²) in [6.07, 6.45) is 0. The van der Waals surface area contributed by atoms with Crippen molar-refractivity contribution in [1.29, 1.82) is 5.26 Å². The lowest BCUT2D eigenvalue weighted by molar-refractivity contribution is -0.114. The van der Waals surface area contributed by atoms with Crippen molar-refractivity contribution >= 4 is 23.4 Å². The lowest BCUT2D eigenvalue weighted by Gasteiger charge is -2.09. The number of aromatic nitrogens is 3. The van der Waals surface area contributed by atoms with Crippen LogP contribution in [-0.2, 0) is 17.1 Å². The molecule has 1 aromatic heterocycles. The minimum Gasteiger partial charge on any atom is -0.326 e. The maximum atomic E-state index is 11.3. The van der Waals surface area contributed by atoms with E-state index >= 15 is 0 Å². The SMILES string of the molecule is CCn1c(SCc2ccccc2C#N)nnc1-c1cccc(NC(C)=O)c1. The largest absolute Gasteiger partial charge is 0.326 e. The average molecular weight is 377 g/mol. The van der Waals surface area contributed by atoms with Crippen molar-refractivity contribution in [3.63, 3.8) is 0 Å². The molecule has 0 fully saturated rings. The van der Waals surface area contributed by atoms with E-state index in [1.54, 1.807) is 11.8 Å². The van der Waals surface area contributed by atoms with Gasteiger partial charge in [-0.3, -0.25) is 4.79 Å². The topological polar surface area (TPSA) is 83.6 Å². The van der Waals surface area contributed by atoms with Crippen LogP contribution in [0.3, 0.4) is 0 Å². The zero-order chi connectivity index (χ0) is 19.2. The molecule has 3 rings (SSSR count). The van der Waals surface area contributed by atoms with E-state index in [4.69, 9.17) is 0 Å². The van der Waals surface area contributed by atoms with Crippen LogP contribution in [0.25, 0.3) is 11.4 Å². The van der Waals surface area contributed by atoms with E-state index in [1.165, 1.54) is 6.92 Å². The third-order valence-electron chi connectivity index (χ3n) is 3.97. The van der Waals surface area contributed by atoms with Crippen LogP contribution in [0.2, 0.25) is 0 Å². The number of nitrogens with zero attached hydrogens (tertiary/aromatic N) is 4. The fourth-order valence-electron chi connectivity index (χ4n) is 2.73. The number of carbonyl (C=O) groups excluding carboxylic acids is 1. The Kier molecular flexibility index (Phi) is 5.89. The zero-order valence-corrected chi connectivity index (χ0v) is 16.0. The Bertz CT molecular complexity index is 1010. The number of rotatable bonds is 6. The van der Waals surface area contributed by atoms with E-state index in [0.717, 1.165) is 34.3 Å². The molecule has 27 heavy (non-hydrogen) atoms. The molecule has 1 amide bonds. The van der Waals surface area contributed by atoms with Gasteiger partial charge in [0, 0.05) is 30.5 Å². The summed E-state index contributed by atoms with van der Waals surface area (Å²) in [6, 6.07) is 17.3. The Morgan fingerprint density at radius 1 is 1.22 bits per heavy atom. The predicted octanol–water partition coefficient (Wildman–Crippen LogP) is 4.09. The number of benzene rings is 2. The Morgan fingerprint density at radius 3 is 2.78 bits per heavy atom. The van der Waals surface area contributed by atoms with Crippen molar-refractivity contribution in [2.45, 2.75) is 31.3 Å². The number of carbonyl (C=O) groups is 1. The van der Waals surface area contributed by atoms with Gasteiger partial charge in [-0.15, -0.1) is 10.2 Å². The van der Waals surface area contributed by atoms with Crippen LogP contribution < -0.4 is 5.32 Å². The zero-order valence-electron chi connectivity index (χ0n) is 15.1. The first-order valence-electron chi connectivity index (χ1n) is 8.54. The second-order valence-electron chi connectivity index (χ2n) is 5.87. The quantitative estimate of drug-likeness (QED) is 0.654. The molecule has 136 valence electrons. The first kappa shape index (κ1) is 18.7. The van der Waals surface area contributed by atoms with Crippen LogP contribution in [0.5, 0.6) is 0 Å². The molecule has 3 aromatic rings. The summed E-state index contributed by atoms with van der Waals surface area (Å²) in [7, 11) is 0. The van der Waals surface area contributed by atoms with Gasteiger partial charge in [0.2, 0.25) is 5.91 Å². The first-order chi connectivity index (χ1) is 13.1. The Morgan fingerprint density at radius 2 is 2.04 bits per heavy atom. The van der Waals surface area contributed by atoms with Crippen molar-refractivity contribution in [3.8, 4) is 17.5 Å². The van der Waals surface area contributed by atoms with Gasteiger partial charge in [0.1, 0.15) is 0 Å². The molecule has 6 nitrogen and oxygen atoms in total. The molecule has 0 spiro atoms. The Balaban J connectivity index is 1.85. The number of hydrogen-bond donors (Lipinski definition) is 1. The van der Waals surface area contributed by atoms with Crippen LogP contribution in [0, 0.1) is 11.3 Å². The van der Waals surface area contributed by atoms with Crippen LogP contribution in [-0.4, -0.2) is 20.7 Å². The molecule has 0 aliphatic rings. The van der Waals surface area contributed by atoms with Gasteiger partial charge in [-0.1, -0.05) is 42.1 Å². The molecule has 0 saturated carbocycles. The van der Waals surface area contributed by atoms with Crippen LogP contribution in [0.4, 0.5) is 5.69 Å². The van der Waals surface area contributed by atoms with Gasteiger partial charge in [-0.2, -0.15) is 5.26 Å². The molecule has 0 radical (unpaired) electrons. The van der Waals surface area contributed by atoms with Gasteiger partial charge < -0.3 is 9.88 Å². The summed E-state index contributed by atoms with van der Waals surface area (Å²) in [5.74, 6) is 1.28. The fourth-order valence-corrected chi connectivity index (χ4v) is 3.74. The smallest absolute Gasteiger partial charge is 0.221 e. The number of amides is 1. The maximum absolute atomic E-state index is 11.3. The van der Waals surface area contributed by atoms with Crippen LogP contribution >= 0.6 is 11.8 Å². The van der Waals surface area contributed by atoms with Gasteiger partial charge in [0.05, 0.1) is 11.6 Å². The lowest BCUT2D eigenvalue weighted by Crippen LogP contribution is -2.06. The number of anilines is 1. The summed E-state index contributed by atoms with van der Waals surface area (Å²) in [5.41, 5.74) is 3.27. The van der Waals surface area contributed by atoms with E-state index < -0.39 is 0 Å². The standard InChI is InChI=1S/C20H19N5OS/c1-3-25-19(15-9-6-10-18(11-15)22-14(2)26)23-24-20(25)27-13-17-8-5-4-7-16(17)12-21/h4-11H,3,13H2,1-2H3,(H,22,26). The summed E-state index contributed by atoms with van der Waals surface area (Å²) in [4.78, 5) is 11.3. The molecule has 1 heterocycles. The van der Waals surface area contributed by atoms with Gasteiger partial charge in [0.25, 0.3) is 0 Å². The molecule has 0 aliphatic heterocycles. The van der Waals surface area contributed by atoms with Crippen molar-refractivity contribution in [1.82, 2.24) is 14.8 Å². The van der Waals surface area contributed by atoms with E-state index in [2.05, 4.69) is 21.6 Å². The number of nitriles is 1. The molecule has 0 saturated heterocycles. The van der Waals surface area contributed by atoms with Gasteiger partial charge in [-0.05, 0) is 30.7 Å². The summed E-state index contributed by atoms with van der Waals surface area (Å²) < 4.78 is 2.03. The molecule has 2 aromatic carbocycles. The number of thioether (sulfide) groups is 1. The highest BCUT2D eigenvalue weighted by atomic mass is 32.2. The van der Waals surface area contributed by atoms with Crippen molar-refractivity contribution in [3.05, 3.63) is 59.7 Å². The Labute approximate surface area is 162 Å². The molecule has 0 aliphatic carbocycles. The normalized spacial score (nSPS) is 10.4. The highest BCUT2D eigenvalue weighted by Crippen LogP contribution is 2.28. The second kappa shape index (κ2) is 8.52. The monoisotopic (exact) mass is 377 g/mol. The number of hydrogen-bond acceptors (Lipinski definition) is 5. The molecular formula is C20H19N5OS. The summed E-state index contributed by atoms with van der Waals surface area (Å²) >= 11 is 1.55. The van der Waals surface area contributed by atoms with Crippen molar-refractivity contribution in [2.24, 2.45) is 0 Å². The molecule has 7 heteroatoms. The minimum absolute atomic E-state index is 0.114. The summed E-state index contributed by atoms with van der Waals surface area (Å²) in [6.45, 7) is 4.24. The highest BCUT2D eigenvalue weighted by molar-refractivity contribution is 7.98. The van der Waals surface area contributed by atoms with E-state index in [-0.39, 0.29) is 5.91 Å². The molecule has 0 atom stereocenters.